The molecule has 6 nitrogen and oxygen atoms in total. The van der Waals surface area contributed by atoms with Crippen LogP contribution >= 0.6 is 0 Å². The molecule has 0 amide bonds. The van der Waals surface area contributed by atoms with Crippen molar-refractivity contribution in [2.24, 2.45) is 0 Å². The van der Waals surface area contributed by atoms with Crippen molar-refractivity contribution in [3.05, 3.63) is 11.9 Å². The molecule has 0 aliphatic carbocycles. The minimum Gasteiger partial charge on any atom is -0.481 e. The van der Waals surface area contributed by atoms with Crippen LogP contribution in [0.1, 0.15) is 31.4 Å². The van der Waals surface area contributed by atoms with E-state index in [1.165, 1.54) is 6.42 Å². The molecule has 0 spiro atoms. The van der Waals surface area contributed by atoms with Gasteiger partial charge in [-0.05, 0) is 19.3 Å². The lowest BCUT2D eigenvalue weighted by atomic mass is 10.1. The molecule has 6 heteroatoms. The van der Waals surface area contributed by atoms with Gasteiger partial charge in [0.15, 0.2) is 0 Å². The lowest BCUT2D eigenvalue weighted by Gasteiger charge is -2.21. The lowest BCUT2D eigenvalue weighted by molar-refractivity contribution is -0.136. The van der Waals surface area contributed by atoms with Gasteiger partial charge in [0.05, 0.1) is 24.8 Å². The zero-order valence-electron chi connectivity index (χ0n) is 9.71. The number of carboxylic acids is 1. The number of ether oxygens (including phenoxy) is 1. The number of aliphatic carboxylic acids is 1. The summed E-state index contributed by atoms with van der Waals surface area (Å²) in [6, 6.07) is 0. The van der Waals surface area contributed by atoms with Crippen molar-refractivity contribution in [2.45, 2.75) is 44.8 Å². The number of carboxylic acid groups (broad SMARTS) is 1. The van der Waals surface area contributed by atoms with Crippen molar-refractivity contribution >= 4 is 5.97 Å². The first-order valence-corrected chi connectivity index (χ1v) is 5.96. The smallest absolute Gasteiger partial charge is 0.303 e. The van der Waals surface area contributed by atoms with Crippen LogP contribution in [0.5, 0.6) is 0 Å². The van der Waals surface area contributed by atoms with E-state index in [-0.39, 0.29) is 12.5 Å². The summed E-state index contributed by atoms with van der Waals surface area (Å²) in [5, 5.41) is 16.5. The number of aromatic nitrogens is 3. The molecule has 1 saturated heterocycles. The minimum absolute atomic E-state index is 0.0959. The van der Waals surface area contributed by atoms with Crippen molar-refractivity contribution in [1.29, 1.82) is 0 Å². The largest absolute Gasteiger partial charge is 0.481 e. The number of carbonyl (C=O) groups is 1. The molecule has 1 aliphatic heterocycles. The van der Waals surface area contributed by atoms with Crippen molar-refractivity contribution < 1.29 is 14.6 Å². The van der Waals surface area contributed by atoms with Crippen molar-refractivity contribution in [2.75, 3.05) is 6.61 Å². The Morgan fingerprint density at radius 2 is 2.47 bits per heavy atom. The summed E-state index contributed by atoms with van der Waals surface area (Å²) in [6.07, 6.45) is 5.95. The summed E-state index contributed by atoms with van der Waals surface area (Å²) >= 11 is 0. The average molecular weight is 239 g/mol. The highest BCUT2D eigenvalue weighted by atomic mass is 16.5. The van der Waals surface area contributed by atoms with E-state index < -0.39 is 5.97 Å². The summed E-state index contributed by atoms with van der Waals surface area (Å²) in [5.74, 6) is -0.810. The molecule has 1 aromatic heterocycles. The van der Waals surface area contributed by atoms with Crippen LogP contribution in [0.25, 0.3) is 0 Å². The minimum atomic E-state index is -0.810. The molecule has 0 saturated carbocycles. The molecular weight excluding hydrogens is 222 g/mol. The molecule has 0 bridgehead atoms. The number of nitrogens with zero attached hydrogens (tertiary/aromatic N) is 3. The van der Waals surface area contributed by atoms with E-state index in [2.05, 4.69) is 10.3 Å². The highest BCUT2D eigenvalue weighted by molar-refractivity contribution is 5.66. The number of rotatable bonds is 5. The van der Waals surface area contributed by atoms with Crippen LogP contribution in [0.4, 0.5) is 0 Å². The van der Waals surface area contributed by atoms with Crippen LogP contribution in [-0.4, -0.2) is 38.8 Å². The summed E-state index contributed by atoms with van der Waals surface area (Å²) in [6.45, 7) is 1.53. The van der Waals surface area contributed by atoms with Crippen LogP contribution in [0.15, 0.2) is 6.20 Å². The van der Waals surface area contributed by atoms with Gasteiger partial charge in [-0.15, -0.1) is 5.10 Å². The highest BCUT2D eigenvalue weighted by Gasteiger charge is 2.15. The van der Waals surface area contributed by atoms with Crippen LogP contribution < -0.4 is 0 Å². The Morgan fingerprint density at radius 3 is 3.18 bits per heavy atom. The van der Waals surface area contributed by atoms with Crippen LogP contribution in [0.3, 0.4) is 0 Å². The predicted molar refractivity (Wildman–Crippen MR) is 59.6 cm³/mol. The number of hydrogen-bond donors (Lipinski definition) is 1. The van der Waals surface area contributed by atoms with Gasteiger partial charge in [-0.25, -0.2) is 4.68 Å². The number of hydrogen-bond acceptors (Lipinski definition) is 4. The fourth-order valence-electron chi connectivity index (χ4n) is 1.94. The Kier molecular flexibility index (Phi) is 4.08. The standard InChI is InChI=1S/C11H17N3O3/c15-11(16)5-4-9-7-14(13-12-9)8-10-3-1-2-6-17-10/h7,10H,1-6,8H2,(H,15,16). The van der Waals surface area contributed by atoms with Gasteiger partial charge in [-0.2, -0.15) is 0 Å². The maximum Gasteiger partial charge on any atom is 0.303 e. The topological polar surface area (TPSA) is 77.2 Å². The summed E-state index contributed by atoms with van der Waals surface area (Å²) in [4.78, 5) is 10.4. The zero-order valence-corrected chi connectivity index (χ0v) is 9.71. The maximum atomic E-state index is 10.4. The van der Waals surface area contributed by atoms with Crippen molar-refractivity contribution in [1.82, 2.24) is 15.0 Å². The molecule has 1 atom stereocenters. The molecule has 94 valence electrons. The van der Waals surface area contributed by atoms with Gasteiger partial charge in [-0.1, -0.05) is 5.21 Å². The quantitative estimate of drug-likeness (QED) is 0.824. The van der Waals surface area contributed by atoms with E-state index in [1.807, 2.05) is 0 Å². The Bertz CT molecular complexity index is 372. The van der Waals surface area contributed by atoms with Crippen LogP contribution in [-0.2, 0) is 22.5 Å². The van der Waals surface area contributed by atoms with Gasteiger partial charge in [0.25, 0.3) is 0 Å². The third kappa shape index (κ3) is 3.81. The monoisotopic (exact) mass is 239 g/mol. The molecule has 1 aromatic rings. The fourth-order valence-corrected chi connectivity index (χ4v) is 1.94. The molecule has 1 N–H and O–H groups in total. The summed E-state index contributed by atoms with van der Waals surface area (Å²) in [5.41, 5.74) is 0.725. The predicted octanol–water partition coefficient (Wildman–Crippen LogP) is 0.864. The van der Waals surface area contributed by atoms with Gasteiger partial charge in [0.1, 0.15) is 0 Å². The maximum absolute atomic E-state index is 10.4. The molecule has 1 fully saturated rings. The molecule has 1 unspecified atom stereocenters. The normalized spacial score (nSPS) is 20.4. The second-order valence-electron chi connectivity index (χ2n) is 4.31. The summed E-state index contributed by atoms with van der Waals surface area (Å²) < 4.78 is 7.35. The van der Waals surface area contributed by atoms with E-state index in [4.69, 9.17) is 9.84 Å². The first-order chi connectivity index (χ1) is 8.24. The molecule has 2 heterocycles. The Morgan fingerprint density at radius 1 is 1.59 bits per heavy atom. The van der Waals surface area contributed by atoms with E-state index in [0.29, 0.717) is 13.0 Å². The van der Waals surface area contributed by atoms with Gasteiger partial charge >= 0.3 is 5.97 Å². The molecule has 0 aromatic carbocycles. The van der Waals surface area contributed by atoms with E-state index >= 15 is 0 Å². The molecule has 1 aliphatic rings. The summed E-state index contributed by atoms with van der Waals surface area (Å²) in [7, 11) is 0. The third-order valence-electron chi connectivity index (χ3n) is 2.85. The molecule has 0 radical (unpaired) electrons. The molecular formula is C11H17N3O3. The van der Waals surface area contributed by atoms with Gasteiger partial charge in [0.2, 0.25) is 0 Å². The molecule has 17 heavy (non-hydrogen) atoms. The third-order valence-corrected chi connectivity index (χ3v) is 2.85. The Balaban J connectivity index is 1.82. The van der Waals surface area contributed by atoms with Crippen molar-refractivity contribution in [3.63, 3.8) is 0 Å². The first kappa shape index (κ1) is 12.0. The molecule has 2 rings (SSSR count). The van der Waals surface area contributed by atoms with Crippen LogP contribution in [0.2, 0.25) is 0 Å². The van der Waals surface area contributed by atoms with Gasteiger partial charge in [-0.3, -0.25) is 4.79 Å². The Labute approximate surface area is 99.6 Å². The first-order valence-electron chi connectivity index (χ1n) is 5.96. The van der Waals surface area contributed by atoms with Gasteiger partial charge in [0, 0.05) is 19.2 Å². The highest BCUT2D eigenvalue weighted by Crippen LogP contribution is 2.14. The number of aryl methyl sites for hydroxylation is 1. The van der Waals surface area contributed by atoms with E-state index in [1.54, 1.807) is 10.9 Å². The zero-order chi connectivity index (χ0) is 12.1. The second kappa shape index (κ2) is 5.77. The van der Waals surface area contributed by atoms with E-state index in [0.717, 1.165) is 25.1 Å². The Hall–Kier alpha value is -1.43. The van der Waals surface area contributed by atoms with Crippen molar-refractivity contribution in [3.8, 4) is 0 Å². The second-order valence-corrected chi connectivity index (χ2v) is 4.31. The van der Waals surface area contributed by atoms with Gasteiger partial charge < -0.3 is 9.84 Å². The van der Waals surface area contributed by atoms with E-state index in [9.17, 15) is 4.79 Å². The lowest BCUT2D eigenvalue weighted by Crippen LogP contribution is -2.24. The average Bonchev–Trinajstić information content (AvgIpc) is 2.75. The fraction of sp³-hybridized carbons (Fsp3) is 0.727. The van der Waals surface area contributed by atoms with Crippen LogP contribution in [0, 0.1) is 0 Å². The SMILES string of the molecule is O=C(O)CCc1cn(CC2CCCCO2)nn1.